The fourth-order valence-corrected chi connectivity index (χ4v) is 0.362. The average molecular weight is 171 g/mol. The third-order valence-corrected chi connectivity index (χ3v) is 0.778. The fourth-order valence-electron chi connectivity index (χ4n) is 0.362. The van der Waals surface area contributed by atoms with Crippen molar-refractivity contribution >= 4 is 17.8 Å². The summed E-state index contributed by atoms with van der Waals surface area (Å²) in [7, 11) is 0. The van der Waals surface area contributed by atoms with Gasteiger partial charge in [0, 0.05) is 6.08 Å². The molecule has 6 heteroatoms. The van der Waals surface area contributed by atoms with Gasteiger partial charge in [0.05, 0.1) is 18.5 Å². The highest BCUT2D eigenvalue weighted by atomic mass is 16.4. The Balaban J connectivity index is 3.75. The molecule has 0 saturated carbocycles. The maximum absolute atomic E-state index is 10.5. The Labute approximate surface area is 67.5 Å². The maximum atomic E-state index is 10.5. The Morgan fingerprint density at radius 1 is 1.17 bits per heavy atom. The van der Waals surface area contributed by atoms with Crippen LogP contribution in [0.15, 0.2) is 12.2 Å². The highest BCUT2D eigenvalue weighted by Gasteiger charge is 1.92. The zero-order chi connectivity index (χ0) is 9.56. The van der Waals surface area contributed by atoms with Crippen LogP contribution in [0.5, 0.6) is 0 Å². The van der Waals surface area contributed by atoms with Gasteiger partial charge in [-0.05, 0) is 6.08 Å². The third-order valence-electron chi connectivity index (χ3n) is 0.778. The average Bonchev–Trinajstić information content (AvgIpc) is 1.96. The molecule has 0 aromatic rings. The smallest absolute Gasteiger partial charge is 0.244 e. The van der Waals surface area contributed by atoms with Gasteiger partial charge in [-0.3, -0.25) is 4.79 Å². The highest BCUT2D eigenvalue weighted by molar-refractivity contribution is 5.94. The van der Waals surface area contributed by atoms with Gasteiger partial charge in [-0.1, -0.05) is 0 Å². The summed E-state index contributed by atoms with van der Waals surface area (Å²) >= 11 is 0. The molecule has 6 nitrogen and oxygen atoms in total. The van der Waals surface area contributed by atoms with Crippen molar-refractivity contribution in [3.05, 3.63) is 12.2 Å². The van der Waals surface area contributed by atoms with E-state index in [1.54, 1.807) is 0 Å². The summed E-state index contributed by atoms with van der Waals surface area (Å²) < 4.78 is 0. The lowest BCUT2D eigenvalue weighted by atomic mass is 10.4. The topological polar surface area (TPSA) is 109 Å². The van der Waals surface area contributed by atoms with E-state index in [2.05, 4.69) is 0 Å². The number of carboxylic acid groups (broad SMARTS) is 2. The molecule has 0 radical (unpaired) electrons. The van der Waals surface area contributed by atoms with Crippen LogP contribution in [0.4, 0.5) is 0 Å². The Bertz CT molecular complexity index is 232. The number of carboxylic acids is 2. The van der Waals surface area contributed by atoms with Crippen LogP contribution >= 0.6 is 0 Å². The predicted molar refractivity (Wildman–Crippen MR) is 32.2 cm³/mol. The molecular formula is C6H5NO5-2. The van der Waals surface area contributed by atoms with Gasteiger partial charge >= 0.3 is 0 Å². The molecule has 66 valence electrons. The molecule has 0 saturated heterocycles. The van der Waals surface area contributed by atoms with Crippen LogP contribution in [0.2, 0.25) is 0 Å². The van der Waals surface area contributed by atoms with Gasteiger partial charge in [0.1, 0.15) is 0 Å². The van der Waals surface area contributed by atoms with Gasteiger partial charge in [0.25, 0.3) is 0 Å². The summed E-state index contributed by atoms with van der Waals surface area (Å²) in [6.07, 6.45) is 1.14. The molecular weight excluding hydrogens is 166 g/mol. The first-order valence-corrected chi connectivity index (χ1v) is 2.89. The molecule has 0 spiro atoms. The summed E-state index contributed by atoms with van der Waals surface area (Å²) in [5, 5.41) is 21.4. The number of carbonyl (C=O) groups is 3. The van der Waals surface area contributed by atoms with Crippen molar-refractivity contribution in [1.82, 2.24) is 5.32 Å². The van der Waals surface area contributed by atoms with E-state index in [1.165, 1.54) is 0 Å². The number of carbonyl (C=O) groups excluding carboxylic acids is 3. The predicted octanol–water partition coefficient (Wildman–Crippen LogP) is -3.84. The standard InChI is InChI=1S/C6H7NO5/c8-4(1-2-5(9)10)7-3-6(11)12/h1-2H,3H2,(H,7,8)(H,9,10)(H,11,12)/p-2/b2-1+. The zero-order valence-electron chi connectivity index (χ0n) is 5.90. The van der Waals surface area contributed by atoms with E-state index >= 15 is 0 Å². The minimum absolute atomic E-state index is 0.491. The van der Waals surface area contributed by atoms with Crippen molar-refractivity contribution in [2.24, 2.45) is 0 Å². The molecule has 1 amide bonds. The van der Waals surface area contributed by atoms with Crippen LogP contribution in [0.3, 0.4) is 0 Å². The van der Waals surface area contributed by atoms with Gasteiger partial charge in [0.15, 0.2) is 0 Å². The van der Waals surface area contributed by atoms with E-state index in [9.17, 15) is 24.6 Å². The molecule has 0 aliphatic rings. The molecule has 0 aliphatic heterocycles. The van der Waals surface area contributed by atoms with E-state index in [-0.39, 0.29) is 0 Å². The number of rotatable bonds is 4. The second-order valence-electron chi connectivity index (χ2n) is 1.74. The Kier molecular flexibility index (Phi) is 4.13. The van der Waals surface area contributed by atoms with Crippen molar-refractivity contribution in [3.8, 4) is 0 Å². The number of nitrogens with one attached hydrogen (secondary N) is 1. The zero-order valence-corrected chi connectivity index (χ0v) is 5.90. The van der Waals surface area contributed by atoms with Crippen molar-refractivity contribution in [3.63, 3.8) is 0 Å². The van der Waals surface area contributed by atoms with Crippen LogP contribution in [-0.4, -0.2) is 24.4 Å². The summed E-state index contributed by atoms with van der Waals surface area (Å²) in [4.78, 5) is 30.0. The van der Waals surface area contributed by atoms with Gasteiger partial charge in [-0.2, -0.15) is 0 Å². The number of aliphatic carboxylic acids is 2. The van der Waals surface area contributed by atoms with Crippen LogP contribution in [0, 0.1) is 0 Å². The minimum Gasteiger partial charge on any atom is -0.548 e. The van der Waals surface area contributed by atoms with Gasteiger partial charge in [-0.15, -0.1) is 0 Å². The molecule has 1 N–H and O–H groups in total. The minimum atomic E-state index is -1.53. The summed E-state index contributed by atoms with van der Waals surface area (Å²) in [6, 6.07) is 0. The summed E-state index contributed by atoms with van der Waals surface area (Å²) in [5.74, 6) is -3.81. The molecule has 0 bridgehead atoms. The molecule has 0 unspecified atom stereocenters. The van der Waals surface area contributed by atoms with Crippen molar-refractivity contribution in [1.29, 1.82) is 0 Å². The van der Waals surface area contributed by atoms with Crippen LogP contribution < -0.4 is 15.5 Å². The Morgan fingerprint density at radius 2 is 1.75 bits per heavy atom. The second-order valence-corrected chi connectivity index (χ2v) is 1.74. The normalized spacial score (nSPS) is 9.67. The Morgan fingerprint density at radius 3 is 2.17 bits per heavy atom. The largest absolute Gasteiger partial charge is 0.548 e. The highest BCUT2D eigenvalue weighted by Crippen LogP contribution is 1.71. The van der Waals surface area contributed by atoms with Gasteiger partial charge < -0.3 is 25.1 Å². The number of hydrogen-bond acceptors (Lipinski definition) is 5. The second kappa shape index (κ2) is 4.89. The van der Waals surface area contributed by atoms with E-state index in [0.717, 1.165) is 0 Å². The molecule has 0 fully saturated rings. The van der Waals surface area contributed by atoms with Gasteiger partial charge in [-0.25, -0.2) is 0 Å². The molecule has 12 heavy (non-hydrogen) atoms. The first kappa shape index (κ1) is 10.2. The maximum Gasteiger partial charge on any atom is 0.244 e. The van der Waals surface area contributed by atoms with E-state index < -0.39 is 24.4 Å². The van der Waals surface area contributed by atoms with E-state index in [1.807, 2.05) is 5.32 Å². The third kappa shape index (κ3) is 6.27. The molecule has 0 aromatic carbocycles. The van der Waals surface area contributed by atoms with Crippen LogP contribution in [0.25, 0.3) is 0 Å². The molecule has 0 aliphatic carbocycles. The first-order valence-electron chi connectivity index (χ1n) is 2.89. The first-order chi connectivity index (χ1) is 5.52. The molecule has 0 aromatic heterocycles. The lowest BCUT2D eigenvalue weighted by Gasteiger charge is -2.01. The summed E-state index contributed by atoms with van der Waals surface area (Å²) in [5.41, 5.74) is 0. The fraction of sp³-hybridized carbons (Fsp3) is 0.167. The van der Waals surface area contributed by atoms with E-state index in [0.29, 0.717) is 12.2 Å². The molecule has 0 heterocycles. The SMILES string of the molecule is O=C([O-])/C=C/C(=O)NCC(=O)[O-]. The lowest BCUT2D eigenvalue weighted by Crippen LogP contribution is -2.37. The van der Waals surface area contributed by atoms with Crippen LogP contribution in [0.1, 0.15) is 0 Å². The molecule has 0 atom stereocenters. The lowest BCUT2D eigenvalue weighted by molar-refractivity contribution is -0.304. The summed E-state index contributed by atoms with van der Waals surface area (Å²) in [6.45, 7) is -0.657. The monoisotopic (exact) mass is 171 g/mol. The molecule has 0 rings (SSSR count). The number of amides is 1. The van der Waals surface area contributed by atoms with Crippen molar-refractivity contribution in [2.75, 3.05) is 6.54 Å². The number of hydrogen-bond donors (Lipinski definition) is 1. The van der Waals surface area contributed by atoms with Crippen molar-refractivity contribution in [2.45, 2.75) is 0 Å². The quantitative estimate of drug-likeness (QED) is 0.435. The van der Waals surface area contributed by atoms with Gasteiger partial charge in [0.2, 0.25) is 5.91 Å². The van der Waals surface area contributed by atoms with Crippen LogP contribution in [-0.2, 0) is 14.4 Å². The van der Waals surface area contributed by atoms with Crippen molar-refractivity contribution < 1.29 is 24.6 Å². The Hall–Kier alpha value is -1.85. The van der Waals surface area contributed by atoms with E-state index in [4.69, 9.17) is 0 Å².